The van der Waals surface area contributed by atoms with Gasteiger partial charge in [-0.2, -0.15) is 0 Å². The SMILES string of the molecule is CC(O)CNCCNS(=O)(=O)C1CCCC1. The molecule has 1 saturated carbocycles. The van der Waals surface area contributed by atoms with Gasteiger partial charge in [-0.05, 0) is 19.8 Å². The van der Waals surface area contributed by atoms with E-state index < -0.39 is 16.1 Å². The predicted molar refractivity (Wildman–Crippen MR) is 63.7 cm³/mol. The Labute approximate surface area is 97.7 Å². The summed E-state index contributed by atoms with van der Waals surface area (Å²) >= 11 is 0. The second-order valence-electron chi connectivity index (χ2n) is 4.40. The van der Waals surface area contributed by atoms with Gasteiger partial charge in [-0.3, -0.25) is 0 Å². The standard InChI is InChI=1S/C10H22N2O3S/c1-9(13)8-11-6-7-12-16(14,15)10-4-2-3-5-10/h9-13H,2-8H2,1H3. The van der Waals surface area contributed by atoms with Gasteiger partial charge in [-0.15, -0.1) is 0 Å². The van der Waals surface area contributed by atoms with Crippen molar-refractivity contribution in [3.8, 4) is 0 Å². The number of hydrogen-bond donors (Lipinski definition) is 3. The highest BCUT2D eigenvalue weighted by Crippen LogP contribution is 2.23. The summed E-state index contributed by atoms with van der Waals surface area (Å²) in [6.07, 6.45) is 3.22. The molecular weight excluding hydrogens is 228 g/mol. The lowest BCUT2D eigenvalue weighted by Crippen LogP contribution is -2.38. The summed E-state index contributed by atoms with van der Waals surface area (Å²) in [5.74, 6) is 0. The average Bonchev–Trinajstić information content (AvgIpc) is 2.69. The molecule has 1 unspecified atom stereocenters. The van der Waals surface area contributed by atoms with E-state index in [0.717, 1.165) is 25.7 Å². The van der Waals surface area contributed by atoms with Crippen LogP contribution in [-0.4, -0.2) is 44.5 Å². The first-order valence-electron chi connectivity index (χ1n) is 5.89. The minimum atomic E-state index is -3.11. The lowest BCUT2D eigenvalue weighted by molar-refractivity contribution is 0.192. The third-order valence-corrected chi connectivity index (χ3v) is 4.74. The second kappa shape index (κ2) is 6.54. The van der Waals surface area contributed by atoms with Crippen molar-refractivity contribution in [3.05, 3.63) is 0 Å². The molecule has 0 aromatic carbocycles. The molecule has 0 aliphatic heterocycles. The minimum absolute atomic E-state index is 0.190. The van der Waals surface area contributed by atoms with Crippen LogP contribution in [0.15, 0.2) is 0 Å². The van der Waals surface area contributed by atoms with Crippen molar-refractivity contribution in [1.82, 2.24) is 10.0 Å². The molecule has 96 valence electrons. The third-order valence-electron chi connectivity index (χ3n) is 2.79. The van der Waals surface area contributed by atoms with Crippen molar-refractivity contribution in [3.63, 3.8) is 0 Å². The summed E-state index contributed by atoms with van der Waals surface area (Å²) in [6, 6.07) is 0. The van der Waals surface area contributed by atoms with Crippen molar-refractivity contribution in [2.75, 3.05) is 19.6 Å². The minimum Gasteiger partial charge on any atom is -0.392 e. The van der Waals surface area contributed by atoms with E-state index in [-0.39, 0.29) is 5.25 Å². The summed E-state index contributed by atoms with van der Waals surface area (Å²) in [5, 5.41) is 11.8. The normalized spacial score (nSPS) is 20.1. The van der Waals surface area contributed by atoms with Crippen LogP contribution in [0.5, 0.6) is 0 Å². The number of hydrogen-bond acceptors (Lipinski definition) is 4. The summed E-state index contributed by atoms with van der Waals surface area (Å²) in [4.78, 5) is 0. The maximum Gasteiger partial charge on any atom is 0.214 e. The zero-order chi connectivity index (χ0) is 12.0. The van der Waals surface area contributed by atoms with Gasteiger partial charge in [0.15, 0.2) is 0 Å². The van der Waals surface area contributed by atoms with Crippen LogP contribution in [0.3, 0.4) is 0 Å². The van der Waals surface area contributed by atoms with E-state index in [4.69, 9.17) is 5.11 Å². The van der Waals surface area contributed by atoms with Crippen LogP contribution >= 0.6 is 0 Å². The monoisotopic (exact) mass is 250 g/mol. The Morgan fingerprint density at radius 2 is 1.94 bits per heavy atom. The molecule has 0 spiro atoms. The van der Waals surface area contributed by atoms with Gasteiger partial charge in [0.2, 0.25) is 10.0 Å². The van der Waals surface area contributed by atoms with E-state index in [2.05, 4.69) is 10.0 Å². The van der Waals surface area contributed by atoms with Gasteiger partial charge in [0.1, 0.15) is 0 Å². The molecule has 0 amide bonds. The van der Waals surface area contributed by atoms with Crippen LogP contribution in [0.1, 0.15) is 32.6 Å². The number of aliphatic hydroxyl groups is 1. The Balaban J connectivity index is 2.16. The second-order valence-corrected chi connectivity index (χ2v) is 6.44. The zero-order valence-electron chi connectivity index (χ0n) is 9.78. The lowest BCUT2D eigenvalue weighted by atomic mass is 10.4. The van der Waals surface area contributed by atoms with Crippen molar-refractivity contribution in [2.45, 2.75) is 44.0 Å². The van der Waals surface area contributed by atoms with Gasteiger partial charge >= 0.3 is 0 Å². The van der Waals surface area contributed by atoms with Gasteiger partial charge in [0.05, 0.1) is 11.4 Å². The highest BCUT2D eigenvalue weighted by molar-refractivity contribution is 7.90. The van der Waals surface area contributed by atoms with Crippen molar-refractivity contribution < 1.29 is 13.5 Å². The maximum atomic E-state index is 11.7. The molecule has 0 bridgehead atoms. The smallest absolute Gasteiger partial charge is 0.214 e. The van der Waals surface area contributed by atoms with E-state index in [1.165, 1.54) is 0 Å². The molecule has 1 fully saturated rings. The summed E-state index contributed by atoms with van der Waals surface area (Å²) in [5.41, 5.74) is 0. The fourth-order valence-corrected chi connectivity index (χ4v) is 3.49. The van der Waals surface area contributed by atoms with Gasteiger partial charge in [-0.1, -0.05) is 12.8 Å². The molecule has 3 N–H and O–H groups in total. The Hall–Kier alpha value is -0.170. The van der Waals surface area contributed by atoms with Crippen LogP contribution in [0.4, 0.5) is 0 Å². The lowest BCUT2D eigenvalue weighted by Gasteiger charge is -2.12. The fraction of sp³-hybridized carbons (Fsp3) is 1.00. The molecule has 0 heterocycles. The Morgan fingerprint density at radius 3 is 2.50 bits per heavy atom. The van der Waals surface area contributed by atoms with Gasteiger partial charge in [-0.25, -0.2) is 13.1 Å². The van der Waals surface area contributed by atoms with Crippen LogP contribution in [0, 0.1) is 0 Å². The number of aliphatic hydroxyl groups excluding tert-OH is 1. The molecule has 5 nitrogen and oxygen atoms in total. The Kier molecular flexibility index (Phi) is 5.68. The zero-order valence-corrected chi connectivity index (χ0v) is 10.6. The van der Waals surface area contributed by atoms with Crippen LogP contribution in [-0.2, 0) is 10.0 Å². The molecule has 0 aromatic heterocycles. The summed E-state index contributed by atoms with van der Waals surface area (Å²) in [6.45, 7) is 3.13. The molecule has 0 aromatic rings. The van der Waals surface area contributed by atoms with Crippen molar-refractivity contribution >= 4 is 10.0 Å². The molecule has 6 heteroatoms. The third kappa shape index (κ3) is 4.78. The van der Waals surface area contributed by atoms with Crippen LogP contribution < -0.4 is 10.0 Å². The fourth-order valence-electron chi connectivity index (χ4n) is 1.91. The summed E-state index contributed by atoms with van der Waals surface area (Å²) in [7, 11) is -3.11. The molecule has 16 heavy (non-hydrogen) atoms. The first kappa shape index (κ1) is 13.9. The van der Waals surface area contributed by atoms with Crippen molar-refractivity contribution in [1.29, 1.82) is 0 Å². The predicted octanol–water partition coefficient (Wildman–Crippen LogP) is -0.181. The van der Waals surface area contributed by atoms with Gasteiger partial charge in [0, 0.05) is 19.6 Å². The molecule has 1 aliphatic rings. The molecule has 0 saturated heterocycles. The number of rotatable bonds is 7. The van der Waals surface area contributed by atoms with E-state index in [1.54, 1.807) is 6.92 Å². The number of nitrogens with one attached hydrogen (secondary N) is 2. The largest absolute Gasteiger partial charge is 0.392 e. The van der Waals surface area contributed by atoms with Crippen molar-refractivity contribution in [2.24, 2.45) is 0 Å². The quantitative estimate of drug-likeness (QED) is 0.548. The highest BCUT2D eigenvalue weighted by Gasteiger charge is 2.27. The van der Waals surface area contributed by atoms with E-state index in [1.807, 2.05) is 0 Å². The Bertz CT molecular complexity index is 284. The maximum absolute atomic E-state index is 11.7. The molecule has 1 rings (SSSR count). The molecule has 1 aliphatic carbocycles. The van der Waals surface area contributed by atoms with Gasteiger partial charge < -0.3 is 10.4 Å². The summed E-state index contributed by atoms with van der Waals surface area (Å²) < 4.78 is 26.1. The topological polar surface area (TPSA) is 78.4 Å². The molecule has 1 atom stereocenters. The first-order chi connectivity index (χ1) is 7.52. The highest BCUT2D eigenvalue weighted by atomic mass is 32.2. The number of sulfonamides is 1. The molecular formula is C10H22N2O3S. The first-order valence-corrected chi connectivity index (χ1v) is 7.44. The molecule has 0 radical (unpaired) electrons. The van der Waals surface area contributed by atoms with E-state index in [0.29, 0.717) is 19.6 Å². The van der Waals surface area contributed by atoms with Crippen LogP contribution in [0.25, 0.3) is 0 Å². The van der Waals surface area contributed by atoms with E-state index >= 15 is 0 Å². The average molecular weight is 250 g/mol. The Morgan fingerprint density at radius 1 is 1.31 bits per heavy atom. The van der Waals surface area contributed by atoms with E-state index in [9.17, 15) is 8.42 Å². The van der Waals surface area contributed by atoms with Crippen LogP contribution in [0.2, 0.25) is 0 Å². The van der Waals surface area contributed by atoms with Gasteiger partial charge in [0.25, 0.3) is 0 Å².